The lowest BCUT2D eigenvalue weighted by molar-refractivity contribution is 0.0671. The highest BCUT2D eigenvalue weighted by atomic mass is 19.1. The fourth-order valence-electron chi connectivity index (χ4n) is 4.68. The molecule has 1 aliphatic heterocycles. The Labute approximate surface area is 220 Å². The molecule has 5 rings (SSSR count). The van der Waals surface area contributed by atoms with Gasteiger partial charge in [-0.25, -0.2) is 13.6 Å². The number of piperidine rings is 1. The smallest absolute Gasteiger partial charge is 0.321 e. The van der Waals surface area contributed by atoms with Crippen LogP contribution in [-0.2, 0) is 0 Å². The lowest BCUT2D eigenvalue weighted by Gasteiger charge is -2.36. The van der Waals surface area contributed by atoms with Gasteiger partial charge in [0.1, 0.15) is 11.6 Å². The summed E-state index contributed by atoms with van der Waals surface area (Å²) in [6.45, 7) is 1.13. The molecule has 0 saturated carbocycles. The Morgan fingerprint density at radius 3 is 2.26 bits per heavy atom. The summed E-state index contributed by atoms with van der Waals surface area (Å²) in [5.74, 6) is -1.36. The molecule has 1 saturated heterocycles. The zero-order chi connectivity index (χ0) is 25.9. The van der Waals surface area contributed by atoms with E-state index >= 15 is 0 Å². The average Bonchev–Trinajstić information content (AvgIpc) is 2.92. The molecule has 0 aliphatic carbocycles. The quantitative estimate of drug-likeness (QED) is 0.333. The Morgan fingerprint density at radius 1 is 0.921 bits per heavy atom. The largest absolute Gasteiger partial charge is 0.338 e. The third-order valence-corrected chi connectivity index (χ3v) is 6.79. The highest BCUT2D eigenvalue weighted by molar-refractivity contribution is 5.98. The molecule has 3 amide bonds. The van der Waals surface area contributed by atoms with Crippen molar-refractivity contribution in [1.29, 1.82) is 0 Å². The molecule has 196 valence electrons. The third-order valence-electron chi connectivity index (χ3n) is 6.79. The van der Waals surface area contributed by atoms with Gasteiger partial charge in [0.25, 0.3) is 5.91 Å². The number of fused-ring (bicyclic) bond motifs is 1. The number of carbonyl (C=O) groups is 2. The van der Waals surface area contributed by atoms with Crippen molar-refractivity contribution in [3.05, 3.63) is 96.2 Å². The molecule has 8 heteroatoms. The number of nitrogens with zero attached hydrogens (tertiary/aromatic N) is 3. The molecule has 1 N–H and O–H groups in total. The molecule has 1 fully saturated rings. The summed E-state index contributed by atoms with van der Waals surface area (Å²) in [5, 5.41) is 4.94. The van der Waals surface area contributed by atoms with Gasteiger partial charge in [-0.15, -0.1) is 0 Å². The van der Waals surface area contributed by atoms with Crippen molar-refractivity contribution in [3.8, 4) is 11.3 Å². The van der Waals surface area contributed by atoms with Gasteiger partial charge in [-0.2, -0.15) is 0 Å². The lowest BCUT2D eigenvalue weighted by Crippen LogP contribution is -2.48. The Kier molecular flexibility index (Phi) is 8.00. The van der Waals surface area contributed by atoms with E-state index < -0.39 is 11.6 Å². The van der Waals surface area contributed by atoms with E-state index in [1.165, 1.54) is 18.3 Å². The molecular formula is C30H30F2N4O2. The minimum absolute atomic E-state index is 0. The number of halogens is 2. The SMILES string of the molecule is C.CN(C(=O)Nc1ccc(-c2cc(F)cc(F)c2)nc1)C1CCN(C(=O)c2ccc3ccccc3c2)CC1. The minimum atomic E-state index is -0.680. The fraction of sp³-hybridized carbons (Fsp3) is 0.233. The maximum atomic E-state index is 13.5. The van der Waals surface area contributed by atoms with Crippen molar-refractivity contribution in [2.45, 2.75) is 26.3 Å². The van der Waals surface area contributed by atoms with Gasteiger partial charge >= 0.3 is 6.03 Å². The number of amides is 3. The monoisotopic (exact) mass is 516 g/mol. The number of nitrogens with one attached hydrogen (secondary N) is 1. The normalized spacial score (nSPS) is 13.6. The molecule has 2 heterocycles. The molecule has 4 aromatic rings. The Bertz CT molecular complexity index is 1430. The maximum absolute atomic E-state index is 13.5. The predicted octanol–water partition coefficient (Wildman–Crippen LogP) is 6.58. The molecule has 0 radical (unpaired) electrons. The number of benzene rings is 3. The molecule has 1 aliphatic rings. The molecule has 3 aromatic carbocycles. The van der Waals surface area contributed by atoms with Crippen LogP contribution in [-0.4, -0.2) is 52.9 Å². The molecule has 38 heavy (non-hydrogen) atoms. The highest BCUT2D eigenvalue weighted by Gasteiger charge is 2.28. The topological polar surface area (TPSA) is 65.5 Å². The summed E-state index contributed by atoms with van der Waals surface area (Å²) >= 11 is 0. The van der Waals surface area contributed by atoms with Gasteiger partial charge in [0.05, 0.1) is 17.6 Å². The molecule has 1 aromatic heterocycles. The van der Waals surface area contributed by atoms with Gasteiger partial charge in [0, 0.05) is 43.4 Å². The van der Waals surface area contributed by atoms with Crippen LogP contribution in [0.4, 0.5) is 19.3 Å². The Hall–Kier alpha value is -4.33. The van der Waals surface area contributed by atoms with E-state index in [2.05, 4.69) is 10.3 Å². The zero-order valence-corrected chi connectivity index (χ0v) is 20.3. The number of hydrogen-bond donors (Lipinski definition) is 1. The number of aromatic nitrogens is 1. The van der Waals surface area contributed by atoms with Gasteiger partial charge < -0.3 is 15.1 Å². The van der Waals surface area contributed by atoms with E-state index in [-0.39, 0.29) is 25.4 Å². The van der Waals surface area contributed by atoms with E-state index in [1.54, 1.807) is 24.1 Å². The third kappa shape index (κ3) is 5.80. The van der Waals surface area contributed by atoms with Crippen molar-refractivity contribution < 1.29 is 18.4 Å². The van der Waals surface area contributed by atoms with Crippen LogP contribution in [0.1, 0.15) is 30.6 Å². The number of pyridine rings is 1. The lowest BCUT2D eigenvalue weighted by atomic mass is 10.0. The van der Waals surface area contributed by atoms with Crippen molar-refractivity contribution in [2.24, 2.45) is 0 Å². The first kappa shape index (κ1) is 26.7. The van der Waals surface area contributed by atoms with E-state index in [4.69, 9.17) is 0 Å². The first-order chi connectivity index (χ1) is 17.9. The van der Waals surface area contributed by atoms with Crippen molar-refractivity contribution in [2.75, 3.05) is 25.5 Å². The van der Waals surface area contributed by atoms with Crippen LogP contribution < -0.4 is 5.32 Å². The molecule has 6 nitrogen and oxygen atoms in total. The maximum Gasteiger partial charge on any atom is 0.321 e. The van der Waals surface area contributed by atoms with E-state index in [0.717, 1.165) is 16.8 Å². The van der Waals surface area contributed by atoms with Crippen molar-refractivity contribution in [1.82, 2.24) is 14.8 Å². The summed E-state index contributed by atoms with van der Waals surface area (Å²) in [7, 11) is 1.73. The molecular weight excluding hydrogens is 486 g/mol. The van der Waals surface area contributed by atoms with Crippen molar-refractivity contribution in [3.63, 3.8) is 0 Å². The molecule has 0 spiro atoms. The van der Waals surface area contributed by atoms with Gasteiger partial charge in [0.2, 0.25) is 0 Å². The van der Waals surface area contributed by atoms with Crippen LogP contribution in [0.5, 0.6) is 0 Å². The number of anilines is 1. The van der Waals surface area contributed by atoms with E-state index in [0.29, 0.717) is 48.4 Å². The van der Waals surface area contributed by atoms with Crippen LogP contribution in [0, 0.1) is 11.6 Å². The summed E-state index contributed by atoms with van der Waals surface area (Å²) in [6, 6.07) is 19.8. The van der Waals surface area contributed by atoms with Crippen LogP contribution >= 0.6 is 0 Å². The van der Waals surface area contributed by atoms with Gasteiger partial charge in [-0.05, 0) is 60.0 Å². The Balaban J connectivity index is 0.00000336. The fourth-order valence-corrected chi connectivity index (χ4v) is 4.68. The first-order valence-corrected chi connectivity index (χ1v) is 12.1. The van der Waals surface area contributed by atoms with Gasteiger partial charge in [0.15, 0.2) is 0 Å². The Morgan fingerprint density at radius 2 is 1.61 bits per heavy atom. The number of rotatable bonds is 4. The molecule has 0 unspecified atom stereocenters. The number of urea groups is 1. The van der Waals surface area contributed by atoms with E-state index in [1.807, 2.05) is 47.4 Å². The molecule has 0 bridgehead atoms. The zero-order valence-electron chi connectivity index (χ0n) is 20.3. The summed E-state index contributed by atoms with van der Waals surface area (Å²) in [4.78, 5) is 33.6. The highest BCUT2D eigenvalue weighted by Crippen LogP contribution is 2.23. The van der Waals surface area contributed by atoms with Crippen LogP contribution in [0.25, 0.3) is 22.0 Å². The van der Waals surface area contributed by atoms with Crippen LogP contribution in [0.15, 0.2) is 79.0 Å². The summed E-state index contributed by atoms with van der Waals surface area (Å²) in [6.07, 6.45) is 2.80. The van der Waals surface area contributed by atoms with E-state index in [9.17, 15) is 18.4 Å². The number of carbonyl (C=O) groups excluding carboxylic acids is 2. The second-order valence-electron chi connectivity index (χ2n) is 9.22. The average molecular weight is 517 g/mol. The predicted molar refractivity (Wildman–Crippen MR) is 146 cm³/mol. The summed E-state index contributed by atoms with van der Waals surface area (Å²) < 4.78 is 27.0. The second-order valence-corrected chi connectivity index (χ2v) is 9.22. The molecule has 0 atom stereocenters. The van der Waals surface area contributed by atoms with Gasteiger partial charge in [-0.1, -0.05) is 37.8 Å². The number of likely N-dealkylation sites (tertiary alicyclic amines) is 1. The number of hydrogen-bond acceptors (Lipinski definition) is 3. The first-order valence-electron chi connectivity index (χ1n) is 12.1. The second kappa shape index (κ2) is 11.4. The van der Waals surface area contributed by atoms with Crippen molar-refractivity contribution >= 4 is 28.4 Å². The van der Waals surface area contributed by atoms with Crippen LogP contribution in [0.2, 0.25) is 0 Å². The minimum Gasteiger partial charge on any atom is -0.338 e. The van der Waals surface area contributed by atoms with Gasteiger partial charge in [-0.3, -0.25) is 9.78 Å². The standard InChI is InChI=1S/C29H26F2N4O2.CH4/c1-34(29(37)33-25-8-9-27(32-18-25)22-15-23(30)17-24(31)16-22)26-10-12-35(13-11-26)28(36)21-7-6-19-4-2-3-5-20(19)14-21;/h2-9,14-18,26H,10-13H2,1H3,(H,33,37);1H4. The van der Waals surface area contributed by atoms with Crippen LogP contribution in [0.3, 0.4) is 0 Å². The summed E-state index contributed by atoms with van der Waals surface area (Å²) in [5.41, 5.74) is 1.85.